The number of nitrogens with zero attached hydrogens (tertiary/aromatic N) is 6. The van der Waals surface area contributed by atoms with E-state index in [9.17, 15) is 14.7 Å². The lowest BCUT2D eigenvalue weighted by molar-refractivity contribution is 0.0822. The summed E-state index contributed by atoms with van der Waals surface area (Å²) >= 11 is 7.65. The van der Waals surface area contributed by atoms with Gasteiger partial charge in [0.25, 0.3) is 5.91 Å². The van der Waals surface area contributed by atoms with Crippen molar-refractivity contribution in [3.05, 3.63) is 65.3 Å². The number of ether oxygens (including phenoxy) is 2. The second-order valence-corrected chi connectivity index (χ2v) is 11.3. The van der Waals surface area contributed by atoms with E-state index in [0.29, 0.717) is 42.7 Å². The van der Waals surface area contributed by atoms with Crippen LogP contribution in [0.2, 0.25) is 5.02 Å². The van der Waals surface area contributed by atoms with Crippen molar-refractivity contribution in [2.45, 2.75) is 26.0 Å². The number of rotatable bonds is 8. The fourth-order valence-electron chi connectivity index (χ4n) is 4.38. The lowest BCUT2D eigenvalue weighted by Gasteiger charge is -2.31. The molecular weight excluding hydrogens is 599 g/mol. The minimum absolute atomic E-state index is 0.0575. The third-order valence-electron chi connectivity index (χ3n) is 6.73. The topological polar surface area (TPSA) is 131 Å². The maximum Gasteiger partial charge on any atom is 0.412 e. The number of anilines is 1. The second-order valence-electron chi connectivity index (χ2n) is 9.82. The van der Waals surface area contributed by atoms with Crippen molar-refractivity contribution in [3.63, 3.8) is 0 Å². The first kappa shape index (κ1) is 29.9. The number of thiazole rings is 1. The number of amides is 2. The molecular formula is C29H26ClFN6O5S. The van der Waals surface area contributed by atoms with Gasteiger partial charge in [-0.05, 0) is 38.1 Å². The largest absolute Gasteiger partial charge is 0.485 e. The van der Waals surface area contributed by atoms with Crippen LogP contribution in [0.1, 0.15) is 24.3 Å². The normalized spacial score (nSPS) is 12.6. The van der Waals surface area contributed by atoms with E-state index in [2.05, 4.69) is 19.9 Å². The van der Waals surface area contributed by atoms with Gasteiger partial charge in [0.1, 0.15) is 16.8 Å². The highest BCUT2D eigenvalue weighted by Crippen LogP contribution is 2.38. The summed E-state index contributed by atoms with van der Waals surface area (Å²) in [7, 11) is 4.68. The van der Waals surface area contributed by atoms with Crippen LogP contribution in [0, 0.1) is 5.82 Å². The van der Waals surface area contributed by atoms with E-state index in [0.717, 1.165) is 4.90 Å². The van der Waals surface area contributed by atoms with Crippen molar-refractivity contribution in [2.24, 2.45) is 0 Å². The molecule has 0 aliphatic rings. The number of aromatic nitrogens is 4. The number of halogens is 2. The summed E-state index contributed by atoms with van der Waals surface area (Å²) < 4.78 is 27.0. The molecule has 0 radical (unpaired) electrons. The number of hydrogen-bond acceptors (Lipinski definition) is 9. The maximum absolute atomic E-state index is 15.2. The average molecular weight is 625 g/mol. The molecule has 0 aliphatic heterocycles. The number of pyridine rings is 1. The van der Waals surface area contributed by atoms with Crippen LogP contribution in [0.4, 0.5) is 14.9 Å². The standard InChI is InChI=1S/C29H26ClFN6O5S/c1-14(37(29(39)40)17-6-7-20(32-12-17)28(38)36(3)4)15(2)42-23-11-24-21(10-19(23)31)35-27(43-24)18-8-16(30)9-22-26(18)33-13-25(34-22)41-5/h6-15H,1-5H3,(H,39,40). The van der Waals surface area contributed by atoms with Crippen molar-refractivity contribution >= 4 is 61.9 Å². The number of carbonyl (C=O) groups excluding carboxylic acids is 1. The molecule has 0 aliphatic carbocycles. The second kappa shape index (κ2) is 11.9. The Bertz CT molecular complexity index is 1850. The molecule has 0 saturated heterocycles. The van der Waals surface area contributed by atoms with Crippen molar-refractivity contribution < 1.29 is 28.6 Å². The summed E-state index contributed by atoms with van der Waals surface area (Å²) in [5, 5.41) is 11.0. The third kappa shape index (κ3) is 5.99. The Morgan fingerprint density at radius 2 is 1.81 bits per heavy atom. The van der Waals surface area contributed by atoms with E-state index in [1.807, 2.05) is 0 Å². The van der Waals surface area contributed by atoms with Gasteiger partial charge >= 0.3 is 6.09 Å². The quantitative estimate of drug-likeness (QED) is 0.216. The van der Waals surface area contributed by atoms with Gasteiger partial charge in [-0.25, -0.2) is 29.1 Å². The molecule has 222 valence electrons. The molecule has 2 aromatic carbocycles. The number of methoxy groups -OCH3 is 1. The predicted molar refractivity (Wildman–Crippen MR) is 162 cm³/mol. The van der Waals surface area contributed by atoms with E-state index >= 15 is 4.39 Å². The van der Waals surface area contributed by atoms with Crippen molar-refractivity contribution in [3.8, 4) is 22.2 Å². The van der Waals surface area contributed by atoms with Gasteiger partial charge in [0.05, 0.1) is 52.5 Å². The van der Waals surface area contributed by atoms with Crippen molar-refractivity contribution in [1.29, 1.82) is 0 Å². The minimum Gasteiger partial charge on any atom is -0.485 e. The Morgan fingerprint density at radius 1 is 1.05 bits per heavy atom. The molecule has 3 aromatic heterocycles. The summed E-state index contributed by atoms with van der Waals surface area (Å²) in [6, 6.07) is 8.38. The SMILES string of the molecule is COc1cnc2c(-c3nc4cc(F)c(OC(C)C(C)N(C(=O)O)c5ccc(C(=O)N(C)C)nc5)cc4s3)cc(Cl)cc2n1. The molecule has 11 nitrogen and oxygen atoms in total. The number of hydrogen-bond donors (Lipinski definition) is 1. The van der Waals surface area contributed by atoms with Gasteiger partial charge in [0.15, 0.2) is 11.6 Å². The molecule has 2 amide bonds. The zero-order valence-corrected chi connectivity index (χ0v) is 25.3. The summed E-state index contributed by atoms with van der Waals surface area (Å²) in [5.74, 6) is -0.685. The first-order valence-corrected chi connectivity index (χ1v) is 14.1. The molecule has 0 fully saturated rings. The Labute approximate surface area is 254 Å². The number of carbonyl (C=O) groups is 2. The highest BCUT2D eigenvalue weighted by Gasteiger charge is 2.29. The van der Waals surface area contributed by atoms with E-state index in [4.69, 9.17) is 21.1 Å². The Balaban J connectivity index is 1.42. The van der Waals surface area contributed by atoms with Gasteiger partial charge in [-0.2, -0.15) is 0 Å². The molecule has 5 rings (SSSR count). The zero-order chi connectivity index (χ0) is 31.0. The van der Waals surface area contributed by atoms with Gasteiger partial charge in [-0.15, -0.1) is 11.3 Å². The molecule has 14 heteroatoms. The van der Waals surface area contributed by atoms with Crippen LogP contribution in [-0.2, 0) is 0 Å². The van der Waals surface area contributed by atoms with Gasteiger partial charge < -0.3 is 19.5 Å². The molecule has 5 aromatic rings. The average Bonchev–Trinajstić information content (AvgIpc) is 3.38. The van der Waals surface area contributed by atoms with Crippen LogP contribution in [0.5, 0.6) is 11.6 Å². The minimum atomic E-state index is -1.26. The summed E-state index contributed by atoms with van der Waals surface area (Å²) in [5.41, 5.74) is 2.54. The van der Waals surface area contributed by atoms with E-state index in [1.54, 1.807) is 40.1 Å². The van der Waals surface area contributed by atoms with Crippen LogP contribution >= 0.6 is 22.9 Å². The van der Waals surface area contributed by atoms with Crippen LogP contribution in [0.3, 0.4) is 0 Å². The Kier molecular flexibility index (Phi) is 8.29. The first-order valence-electron chi connectivity index (χ1n) is 12.9. The monoisotopic (exact) mass is 624 g/mol. The molecule has 0 bridgehead atoms. The summed E-state index contributed by atoms with van der Waals surface area (Å²) in [4.78, 5) is 44.4. The molecule has 0 spiro atoms. The van der Waals surface area contributed by atoms with E-state index < -0.39 is 24.1 Å². The van der Waals surface area contributed by atoms with Gasteiger partial charge in [0.2, 0.25) is 5.88 Å². The lowest BCUT2D eigenvalue weighted by Crippen LogP contribution is -2.46. The number of fused-ring (bicyclic) bond motifs is 2. The molecule has 43 heavy (non-hydrogen) atoms. The van der Waals surface area contributed by atoms with Crippen LogP contribution < -0.4 is 14.4 Å². The van der Waals surface area contributed by atoms with Crippen LogP contribution in [0.15, 0.2) is 48.8 Å². The van der Waals surface area contributed by atoms with E-state index in [1.165, 1.54) is 60.0 Å². The van der Waals surface area contributed by atoms with Crippen molar-refractivity contribution in [1.82, 2.24) is 24.8 Å². The Morgan fingerprint density at radius 3 is 2.47 bits per heavy atom. The van der Waals surface area contributed by atoms with Crippen molar-refractivity contribution in [2.75, 3.05) is 26.1 Å². The van der Waals surface area contributed by atoms with Gasteiger partial charge in [-0.3, -0.25) is 9.69 Å². The molecule has 1 N–H and O–H groups in total. The van der Waals surface area contributed by atoms with Crippen LogP contribution in [-0.4, -0.2) is 75.3 Å². The number of carboxylic acid groups (broad SMARTS) is 1. The Hall–Kier alpha value is -4.62. The lowest BCUT2D eigenvalue weighted by atomic mass is 10.1. The zero-order valence-electron chi connectivity index (χ0n) is 23.7. The summed E-state index contributed by atoms with van der Waals surface area (Å²) in [6.45, 7) is 3.28. The number of benzene rings is 2. The molecule has 2 unspecified atom stereocenters. The fraction of sp³-hybridized carbons (Fsp3) is 0.241. The van der Waals surface area contributed by atoms with Crippen LogP contribution in [0.25, 0.3) is 31.8 Å². The fourth-order valence-corrected chi connectivity index (χ4v) is 5.59. The molecule has 0 saturated carbocycles. The first-order chi connectivity index (χ1) is 20.5. The highest BCUT2D eigenvalue weighted by molar-refractivity contribution is 7.21. The maximum atomic E-state index is 15.2. The third-order valence-corrected chi connectivity index (χ3v) is 8.00. The van der Waals surface area contributed by atoms with E-state index in [-0.39, 0.29) is 23.0 Å². The highest BCUT2D eigenvalue weighted by atomic mass is 35.5. The molecule has 3 heterocycles. The van der Waals surface area contributed by atoms with Gasteiger partial charge in [-0.1, -0.05) is 11.6 Å². The van der Waals surface area contributed by atoms with Gasteiger partial charge in [0, 0.05) is 36.8 Å². The molecule has 2 atom stereocenters. The summed E-state index contributed by atoms with van der Waals surface area (Å²) in [6.07, 6.45) is 0.768. The smallest absolute Gasteiger partial charge is 0.412 e. The predicted octanol–water partition coefficient (Wildman–Crippen LogP) is 6.14.